The number of quaternary nitrogens is 1. The van der Waals surface area contributed by atoms with Crippen molar-refractivity contribution in [3.8, 4) is 5.75 Å². The second-order valence-corrected chi connectivity index (χ2v) is 8.39. The van der Waals surface area contributed by atoms with Crippen molar-refractivity contribution in [3.63, 3.8) is 0 Å². The number of likely N-dealkylation sites (N-methyl/N-ethyl adjacent to an activating group) is 1. The summed E-state index contributed by atoms with van der Waals surface area (Å²) >= 11 is 3.30. The molecule has 0 saturated carbocycles. The summed E-state index contributed by atoms with van der Waals surface area (Å²) in [4.78, 5) is 1.39. The Bertz CT molecular complexity index is 777. The van der Waals surface area contributed by atoms with E-state index in [0.29, 0.717) is 6.54 Å². The summed E-state index contributed by atoms with van der Waals surface area (Å²) in [6, 6.07) is 14.4. The summed E-state index contributed by atoms with van der Waals surface area (Å²) in [5, 5.41) is 0. The Morgan fingerprint density at radius 1 is 1.17 bits per heavy atom. The van der Waals surface area contributed by atoms with Gasteiger partial charge in [-0.1, -0.05) is 22.0 Å². The third-order valence-corrected chi connectivity index (χ3v) is 5.71. The first-order chi connectivity index (χ1) is 11.3. The minimum absolute atomic E-state index is 0.00201. The van der Waals surface area contributed by atoms with Crippen molar-refractivity contribution in [1.82, 2.24) is 4.72 Å². The zero-order valence-electron chi connectivity index (χ0n) is 13.9. The molecule has 5 nitrogen and oxygen atoms in total. The lowest BCUT2D eigenvalue weighted by Crippen LogP contribution is -3.07. The Morgan fingerprint density at radius 3 is 2.38 bits per heavy atom. The van der Waals surface area contributed by atoms with E-state index in [9.17, 15) is 8.42 Å². The lowest BCUT2D eigenvalue weighted by Gasteiger charge is -2.22. The first-order valence-corrected chi connectivity index (χ1v) is 9.80. The third-order valence-electron chi connectivity index (χ3n) is 3.80. The van der Waals surface area contributed by atoms with Gasteiger partial charge in [0.05, 0.1) is 32.6 Å². The van der Waals surface area contributed by atoms with Crippen molar-refractivity contribution in [1.29, 1.82) is 0 Å². The topological polar surface area (TPSA) is 59.8 Å². The lowest BCUT2D eigenvalue weighted by atomic mass is 10.1. The van der Waals surface area contributed by atoms with Crippen LogP contribution in [0, 0.1) is 0 Å². The number of methoxy groups -OCH3 is 1. The van der Waals surface area contributed by atoms with Crippen LogP contribution in [0.3, 0.4) is 0 Å². The Labute approximate surface area is 151 Å². The molecule has 0 amide bonds. The summed E-state index contributed by atoms with van der Waals surface area (Å²) in [7, 11) is 2.08. The fourth-order valence-electron chi connectivity index (χ4n) is 2.40. The van der Waals surface area contributed by atoms with Gasteiger partial charge < -0.3 is 9.64 Å². The number of hydrogen-bond donors (Lipinski definition) is 2. The second kappa shape index (κ2) is 8.11. The van der Waals surface area contributed by atoms with E-state index in [4.69, 9.17) is 4.74 Å². The van der Waals surface area contributed by atoms with Gasteiger partial charge in [-0.25, -0.2) is 13.1 Å². The van der Waals surface area contributed by atoms with Crippen molar-refractivity contribution in [2.24, 2.45) is 0 Å². The van der Waals surface area contributed by atoms with Crippen LogP contribution in [0.5, 0.6) is 5.75 Å². The maximum Gasteiger partial charge on any atom is 0.240 e. The van der Waals surface area contributed by atoms with Crippen LogP contribution < -0.4 is 14.4 Å². The van der Waals surface area contributed by atoms with Gasteiger partial charge in [0.2, 0.25) is 10.0 Å². The maximum atomic E-state index is 12.5. The van der Waals surface area contributed by atoms with Crippen molar-refractivity contribution >= 4 is 26.0 Å². The molecule has 0 fully saturated rings. The SMILES string of the molecule is COc1ccc([C@@H](CNS(=O)(=O)c2cccc(Br)c2)[NH+](C)C)cc1. The molecule has 2 N–H and O–H groups in total. The monoisotopic (exact) mass is 413 g/mol. The van der Waals surface area contributed by atoms with Gasteiger partial charge in [0.25, 0.3) is 0 Å². The van der Waals surface area contributed by atoms with E-state index in [1.165, 1.54) is 0 Å². The molecule has 7 heteroatoms. The molecule has 0 aliphatic heterocycles. The van der Waals surface area contributed by atoms with Gasteiger partial charge >= 0.3 is 0 Å². The number of hydrogen-bond acceptors (Lipinski definition) is 3. The minimum Gasteiger partial charge on any atom is -0.497 e. The predicted octanol–water partition coefficient (Wildman–Crippen LogP) is 1.62. The maximum absolute atomic E-state index is 12.5. The van der Waals surface area contributed by atoms with E-state index in [0.717, 1.165) is 20.7 Å². The highest BCUT2D eigenvalue weighted by atomic mass is 79.9. The van der Waals surface area contributed by atoms with E-state index in [1.807, 2.05) is 38.4 Å². The van der Waals surface area contributed by atoms with E-state index in [-0.39, 0.29) is 10.9 Å². The van der Waals surface area contributed by atoms with Crippen molar-refractivity contribution in [2.45, 2.75) is 10.9 Å². The first-order valence-electron chi connectivity index (χ1n) is 7.52. The van der Waals surface area contributed by atoms with Gasteiger partial charge in [-0.3, -0.25) is 0 Å². The van der Waals surface area contributed by atoms with Crippen LogP contribution in [0.4, 0.5) is 0 Å². The number of halogens is 1. The van der Waals surface area contributed by atoms with Crippen LogP contribution in [0.25, 0.3) is 0 Å². The number of benzene rings is 2. The van der Waals surface area contributed by atoms with Gasteiger partial charge in [-0.05, 0) is 42.5 Å². The van der Waals surface area contributed by atoms with Crippen LogP contribution in [-0.2, 0) is 10.0 Å². The van der Waals surface area contributed by atoms with Crippen LogP contribution in [0.15, 0.2) is 57.9 Å². The second-order valence-electron chi connectivity index (χ2n) is 5.71. The van der Waals surface area contributed by atoms with Crippen LogP contribution in [0.1, 0.15) is 11.6 Å². The molecule has 0 unspecified atom stereocenters. The number of ether oxygens (including phenoxy) is 1. The average Bonchev–Trinajstić information content (AvgIpc) is 2.55. The Hall–Kier alpha value is -1.41. The largest absolute Gasteiger partial charge is 0.497 e. The molecule has 0 bridgehead atoms. The van der Waals surface area contributed by atoms with Gasteiger partial charge in [-0.2, -0.15) is 0 Å². The molecule has 0 saturated heterocycles. The first kappa shape index (κ1) is 18.9. The summed E-state index contributed by atoms with van der Waals surface area (Å²) < 4.78 is 33.6. The number of sulfonamides is 1. The van der Waals surface area contributed by atoms with Crippen molar-refractivity contribution in [3.05, 3.63) is 58.6 Å². The van der Waals surface area contributed by atoms with E-state index in [1.54, 1.807) is 31.4 Å². The van der Waals surface area contributed by atoms with Gasteiger partial charge in [0, 0.05) is 10.0 Å². The quantitative estimate of drug-likeness (QED) is 0.724. The molecular weight excluding hydrogens is 392 g/mol. The Kier molecular flexibility index (Phi) is 6.40. The van der Waals surface area contributed by atoms with Crippen LogP contribution in [0.2, 0.25) is 0 Å². The third kappa shape index (κ3) is 4.80. The minimum atomic E-state index is -3.55. The Morgan fingerprint density at radius 2 is 1.83 bits per heavy atom. The molecule has 0 spiro atoms. The van der Waals surface area contributed by atoms with Gasteiger partial charge in [-0.15, -0.1) is 0 Å². The highest BCUT2D eigenvalue weighted by Crippen LogP contribution is 2.18. The summed E-state index contributed by atoms with van der Waals surface area (Å²) in [5.41, 5.74) is 1.05. The fraction of sp³-hybridized carbons (Fsp3) is 0.294. The number of nitrogens with one attached hydrogen (secondary N) is 2. The highest BCUT2D eigenvalue weighted by molar-refractivity contribution is 9.10. The molecule has 2 aromatic rings. The molecule has 0 radical (unpaired) electrons. The zero-order valence-corrected chi connectivity index (χ0v) is 16.3. The van der Waals surface area contributed by atoms with E-state index >= 15 is 0 Å². The van der Waals surface area contributed by atoms with Gasteiger partial charge in [0.1, 0.15) is 11.8 Å². The zero-order chi connectivity index (χ0) is 17.7. The standard InChI is InChI=1S/C17H21BrN2O3S/c1-20(2)17(13-7-9-15(23-3)10-8-13)12-19-24(21,22)16-6-4-5-14(18)11-16/h4-11,17,19H,12H2,1-3H3/p+1/t17-/m1/s1. The molecule has 0 heterocycles. The Balaban J connectivity index is 2.16. The molecule has 0 aliphatic rings. The summed E-state index contributed by atoms with van der Waals surface area (Å²) in [6.45, 7) is 0.309. The molecule has 1 atom stereocenters. The molecule has 0 aliphatic carbocycles. The molecule has 2 rings (SSSR count). The summed E-state index contributed by atoms with van der Waals surface area (Å²) in [6.07, 6.45) is 0. The molecule has 0 aromatic heterocycles. The predicted molar refractivity (Wildman–Crippen MR) is 97.9 cm³/mol. The van der Waals surface area contributed by atoms with Crippen molar-refractivity contribution in [2.75, 3.05) is 27.7 Å². The average molecular weight is 414 g/mol. The summed E-state index contributed by atoms with van der Waals surface area (Å²) in [5.74, 6) is 0.779. The van der Waals surface area contributed by atoms with E-state index in [2.05, 4.69) is 20.7 Å². The normalized spacial score (nSPS) is 13.0. The molecular formula is C17H22BrN2O3S+. The molecule has 24 heavy (non-hydrogen) atoms. The fourth-order valence-corrected chi connectivity index (χ4v) is 4.05. The van der Waals surface area contributed by atoms with Gasteiger partial charge in [0.15, 0.2) is 0 Å². The number of rotatable bonds is 7. The van der Waals surface area contributed by atoms with Crippen LogP contribution in [-0.4, -0.2) is 36.2 Å². The molecule has 2 aromatic carbocycles. The molecule has 130 valence electrons. The highest BCUT2D eigenvalue weighted by Gasteiger charge is 2.22. The van der Waals surface area contributed by atoms with E-state index < -0.39 is 10.0 Å². The van der Waals surface area contributed by atoms with Crippen LogP contribution >= 0.6 is 15.9 Å². The van der Waals surface area contributed by atoms with Crippen molar-refractivity contribution < 1.29 is 18.1 Å². The lowest BCUT2D eigenvalue weighted by molar-refractivity contribution is -0.890. The smallest absolute Gasteiger partial charge is 0.240 e.